The molecule has 0 saturated heterocycles. The number of aryl methyl sites for hydroxylation is 1. The van der Waals surface area contributed by atoms with Crippen LogP contribution in [0.15, 0.2) is 54.9 Å². The van der Waals surface area contributed by atoms with Gasteiger partial charge in [-0.15, -0.1) is 10.2 Å². The molecule has 3 heterocycles. The minimum absolute atomic E-state index is 0.0107. The van der Waals surface area contributed by atoms with Crippen molar-refractivity contribution in [3.8, 4) is 11.5 Å². The minimum atomic E-state index is -4.70. The number of nitrogens with zero attached hydrogens (tertiary/aromatic N) is 5. The van der Waals surface area contributed by atoms with Crippen LogP contribution in [0.25, 0.3) is 22.5 Å². The van der Waals surface area contributed by atoms with Crippen LogP contribution in [-0.4, -0.2) is 24.3 Å². The SMILES string of the molecule is Cn1c(=O)n(Cc2nnc(-c3cccc(Br)c3)o2)c(=O)c2ccc(C(F)(F)F)nc21. The Balaban J connectivity index is 1.77. The van der Waals surface area contributed by atoms with Gasteiger partial charge in [0.1, 0.15) is 17.9 Å². The van der Waals surface area contributed by atoms with Gasteiger partial charge in [-0.1, -0.05) is 22.0 Å². The molecule has 0 N–H and O–H groups in total. The number of hydrogen-bond donors (Lipinski definition) is 0. The predicted octanol–water partition coefficient (Wildman–Crippen LogP) is 2.97. The first-order valence-corrected chi connectivity index (χ1v) is 9.20. The maximum atomic E-state index is 12.9. The number of rotatable bonds is 3. The summed E-state index contributed by atoms with van der Waals surface area (Å²) < 4.78 is 46.8. The summed E-state index contributed by atoms with van der Waals surface area (Å²) in [5.74, 6) is 0.178. The number of fused-ring (bicyclic) bond motifs is 1. The van der Waals surface area contributed by atoms with Gasteiger partial charge in [-0.2, -0.15) is 13.2 Å². The molecule has 4 aromatic rings. The first kappa shape index (κ1) is 20.0. The number of hydrogen-bond acceptors (Lipinski definition) is 6. The highest BCUT2D eigenvalue weighted by Gasteiger charge is 2.33. The maximum Gasteiger partial charge on any atom is 0.433 e. The van der Waals surface area contributed by atoms with E-state index in [2.05, 4.69) is 31.1 Å². The molecule has 0 aliphatic carbocycles. The molecular formula is C18H11BrF3N5O3. The lowest BCUT2D eigenvalue weighted by Crippen LogP contribution is -2.39. The van der Waals surface area contributed by atoms with E-state index >= 15 is 0 Å². The molecule has 0 spiro atoms. The quantitative estimate of drug-likeness (QED) is 0.446. The third-order valence-corrected chi connectivity index (χ3v) is 4.80. The number of aromatic nitrogens is 5. The Bertz CT molecular complexity index is 1390. The number of halogens is 4. The van der Waals surface area contributed by atoms with E-state index in [0.717, 1.165) is 19.7 Å². The van der Waals surface area contributed by atoms with E-state index in [4.69, 9.17) is 4.42 Å². The highest BCUT2D eigenvalue weighted by Crippen LogP contribution is 2.28. The summed E-state index contributed by atoms with van der Waals surface area (Å²) in [4.78, 5) is 28.8. The largest absolute Gasteiger partial charge is 0.433 e. The average molecular weight is 482 g/mol. The lowest BCUT2D eigenvalue weighted by atomic mass is 10.2. The van der Waals surface area contributed by atoms with Gasteiger partial charge in [-0.05, 0) is 30.3 Å². The van der Waals surface area contributed by atoms with Crippen molar-refractivity contribution in [3.63, 3.8) is 0 Å². The molecule has 12 heteroatoms. The molecule has 1 aromatic carbocycles. The zero-order valence-corrected chi connectivity index (χ0v) is 16.7. The summed E-state index contributed by atoms with van der Waals surface area (Å²) in [5.41, 5.74) is -2.60. The fourth-order valence-corrected chi connectivity index (χ4v) is 3.26. The van der Waals surface area contributed by atoms with Crippen LogP contribution < -0.4 is 11.2 Å². The van der Waals surface area contributed by atoms with Gasteiger partial charge in [0.05, 0.1) is 5.39 Å². The lowest BCUT2D eigenvalue weighted by Gasteiger charge is -2.11. The Morgan fingerprint density at radius 3 is 2.60 bits per heavy atom. The third kappa shape index (κ3) is 3.54. The number of alkyl halides is 3. The monoisotopic (exact) mass is 481 g/mol. The third-order valence-electron chi connectivity index (χ3n) is 4.31. The van der Waals surface area contributed by atoms with E-state index in [1.165, 1.54) is 7.05 Å². The molecule has 0 amide bonds. The van der Waals surface area contributed by atoms with E-state index in [1.807, 2.05) is 6.07 Å². The Hall–Kier alpha value is -3.28. The highest BCUT2D eigenvalue weighted by molar-refractivity contribution is 9.10. The number of pyridine rings is 1. The molecule has 4 rings (SSSR count). The molecule has 0 fully saturated rings. The molecule has 30 heavy (non-hydrogen) atoms. The number of benzene rings is 1. The smallest absolute Gasteiger partial charge is 0.419 e. The van der Waals surface area contributed by atoms with E-state index in [9.17, 15) is 22.8 Å². The molecular weight excluding hydrogens is 471 g/mol. The van der Waals surface area contributed by atoms with Crippen molar-refractivity contribution in [2.75, 3.05) is 0 Å². The van der Waals surface area contributed by atoms with Crippen molar-refractivity contribution in [2.24, 2.45) is 7.05 Å². The molecule has 0 bridgehead atoms. The summed E-state index contributed by atoms with van der Waals surface area (Å²) in [5, 5.41) is 7.62. The summed E-state index contributed by atoms with van der Waals surface area (Å²) in [6.45, 7) is -0.344. The van der Waals surface area contributed by atoms with Crippen LogP contribution in [0.3, 0.4) is 0 Å². The molecule has 8 nitrogen and oxygen atoms in total. The van der Waals surface area contributed by atoms with Crippen LogP contribution in [0.1, 0.15) is 11.6 Å². The topological polar surface area (TPSA) is 95.8 Å². The minimum Gasteiger partial charge on any atom is -0.419 e. The maximum absolute atomic E-state index is 12.9. The standard InChI is InChI=1S/C18H11BrF3N5O3/c1-26-14-11(5-6-12(23-14)18(20,21)22)16(28)27(17(26)29)8-13-24-25-15(30-13)9-3-2-4-10(19)7-9/h2-7H,8H2,1H3. The summed E-state index contributed by atoms with van der Waals surface area (Å²) in [6.07, 6.45) is -4.70. The Morgan fingerprint density at radius 1 is 1.13 bits per heavy atom. The van der Waals surface area contributed by atoms with Gasteiger partial charge in [-0.3, -0.25) is 13.9 Å². The van der Waals surface area contributed by atoms with E-state index in [1.54, 1.807) is 18.2 Å². The molecule has 0 unspecified atom stereocenters. The first-order valence-electron chi connectivity index (χ1n) is 8.41. The van der Waals surface area contributed by atoms with Gasteiger partial charge in [0.15, 0.2) is 0 Å². The van der Waals surface area contributed by atoms with Crippen LogP contribution in [-0.2, 0) is 19.8 Å². The summed E-state index contributed by atoms with van der Waals surface area (Å²) in [6, 6.07) is 8.77. The van der Waals surface area contributed by atoms with Crippen molar-refractivity contribution < 1.29 is 17.6 Å². The summed E-state index contributed by atoms with van der Waals surface area (Å²) >= 11 is 3.33. The van der Waals surface area contributed by atoms with E-state index in [0.29, 0.717) is 11.6 Å². The zero-order chi connectivity index (χ0) is 21.6. The van der Waals surface area contributed by atoms with Gasteiger partial charge < -0.3 is 4.42 Å². The van der Waals surface area contributed by atoms with Crippen molar-refractivity contribution in [1.82, 2.24) is 24.3 Å². The molecule has 0 aliphatic heterocycles. The van der Waals surface area contributed by atoms with Crippen molar-refractivity contribution in [1.29, 1.82) is 0 Å². The van der Waals surface area contributed by atoms with Crippen molar-refractivity contribution in [3.05, 3.63) is 73.3 Å². The summed E-state index contributed by atoms with van der Waals surface area (Å²) in [7, 11) is 1.23. The van der Waals surface area contributed by atoms with Crippen LogP contribution in [0, 0.1) is 0 Å². The lowest BCUT2D eigenvalue weighted by molar-refractivity contribution is -0.141. The second-order valence-electron chi connectivity index (χ2n) is 6.31. The van der Waals surface area contributed by atoms with Crippen molar-refractivity contribution >= 4 is 27.0 Å². The average Bonchev–Trinajstić information content (AvgIpc) is 3.17. The normalized spacial score (nSPS) is 11.9. The second-order valence-corrected chi connectivity index (χ2v) is 7.23. The Labute approximate surface area is 173 Å². The molecule has 0 atom stereocenters. The molecule has 0 saturated carbocycles. The molecule has 154 valence electrons. The molecule has 0 aliphatic rings. The Morgan fingerprint density at radius 2 is 1.90 bits per heavy atom. The van der Waals surface area contributed by atoms with E-state index < -0.39 is 23.1 Å². The zero-order valence-electron chi connectivity index (χ0n) is 15.1. The van der Waals surface area contributed by atoms with Crippen LogP contribution >= 0.6 is 15.9 Å². The highest BCUT2D eigenvalue weighted by atomic mass is 79.9. The fourth-order valence-electron chi connectivity index (χ4n) is 2.86. The van der Waals surface area contributed by atoms with Crippen LogP contribution in [0.2, 0.25) is 0 Å². The van der Waals surface area contributed by atoms with E-state index in [-0.39, 0.29) is 29.4 Å². The first-order chi connectivity index (χ1) is 14.1. The Kier molecular flexibility index (Phi) is 4.80. The second kappa shape index (κ2) is 7.20. The fraction of sp³-hybridized carbons (Fsp3) is 0.167. The predicted molar refractivity (Wildman–Crippen MR) is 103 cm³/mol. The van der Waals surface area contributed by atoms with Crippen LogP contribution in [0.4, 0.5) is 13.2 Å². The van der Waals surface area contributed by atoms with Crippen molar-refractivity contribution in [2.45, 2.75) is 12.7 Å². The van der Waals surface area contributed by atoms with Crippen LogP contribution in [0.5, 0.6) is 0 Å². The van der Waals surface area contributed by atoms with Gasteiger partial charge in [0.25, 0.3) is 5.56 Å². The van der Waals surface area contributed by atoms with Gasteiger partial charge in [0.2, 0.25) is 11.8 Å². The van der Waals surface area contributed by atoms with Gasteiger partial charge in [-0.25, -0.2) is 9.78 Å². The molecule has 0 radical (unpaired) electrons. The van der Waals surface area contributed by atoms with Gasteiger partial charge >= 0.3 is 11.9 Å². The molecule has 3 aromatic heterocycles. The van der Waals surface area contributed by atoms with Gasteiger partial charge in [0, 0.05) is 17.1 Å².